The maximum atomic E-state index is 11.3. The van der Waals surface area contributed by atoms with Crippen LogP contribution in [0.25, 0.3) is 0 Å². The average molecular weight is 277 g/mol. The van der Waals surface area contributed by atoms with Crippen LogP contribution < -0.4 is 4.90 Å². The number of benzene rings is 1. The van der Waals surface area contributed by atoms with Gasteiger partial charge in [-0.05, 0) is 50.8 Å². The molecule has 1 aliphatic heterocycles. The highest BCUT2D eigenvalue weighted by Gasteiger charge is 2.24. The van der Waals surface area contributed by atoms with Crippen molar-refractivity contribution >= 4 is 11.7 Å². The van der Waals surface area contributed by atoms with Crippen molar-refractivity contribution in [1.82, 2.24) is 0 Å². The minimum absolute atomic E-state index is 0.151. The van der Waals surface area contributed by atoms with Crippen molar-refractivity contribution in [3.05, 3.63) is 29.3 Å². The number of anilines is 1. The Morgan fingerprint density at radius 1 is 1.45 bits per heavy atom. The lowest BCUT2D eigenvalue weighted by Gasteiger charge is -2.34. The van der Waals surface area contributed by atoms with E-state index in [4.69, 9.17) is 4.74 Å². The van der Waals surface area contributed by atoms with Gasteiger partial charge in [0.25, 0.3) is 0 Å². The predicted molar refractivity (Wildman–Crippen MR) is 79.6 cm³/mol. The van der Waals surface area contributed by atoms with Gasteiger partial charge >= 0.3 is 5.97 Å². The topological polar surface area (TPSA) is 49.8 Å². The van der Waals surface area contributed by atoms with E-state index >= 15 is 0 Å². The van der Waals surface area contributed by atoms with Gasteiger partial charge in [0.2, 0.25) is 0 Å². The number of ether oxygens (including phenoxy) is 1. The van der Waals surface area contributed by atoms with Crippen LogP contribution in [-0.2, 0) is 11.2 Å². The van der Waals surface area contributed by atoms with Crippen LogP contribution in [0.2, 0.25) is 0 Å². The number of aromatic carboxylic acids is 1. The average Bonchev–Trinajstić information content (AvgIpc) is 2.44. The Labute approximate surface area is 120 Å². The fourth-order valence-corrected chi connectivity index (χ4v) is 2.64. The van der Waals surface area contributed by atoms with Gasteiger partial charge in [0.05, 0.1) is 11.2 Å². The third kappa shape index (κ3) is 3.12. The van der Waals surface area contributed by atoms with E-state index < -0.39 is 5.97 Å². The van der Waals surface area contributed by atoms with E-state index in [9.17, 15) is 9.90 Å². The molecule has 0 atom stereocenters. The summed E-state index contributed by atoms with van der Waals surface area (Å²) < 4.78 is 5.46. The minimum atomic E-state index is -0.832. The first-order valence-corrected chi connectivity index (χ1v) is 7.10. The number of carboxylic acids is 1. The Kier molecular flexibility index (Phi) is 4.33. The highest BCUT2D eigenvalue weighted by Crippen LogP contribution is 2.30. The lowest BCUT2D eigenvalue weighted by atomic mass is 9.95. The molecule has 0 bridgehead atoms. The quantitative estimate of drug-likeness (QED) is 0.899. The molecule has 0 unspecified atom stereocenters. The molecule has 0 fully saturated rings. The monoisotopic (exact) mass is 277 g/mol. The molecule has 0 amide bonds. The SMILES string of the molecule is COC(C)(C)CCN1CCCc2c(C(=O)O)cccc21. The largest absolute Gasteiger partial charge is 0.478 e. The number of nitrogens with zero attached hydrogens (tertiary/aromatic N) is 1. The van der Waals surface area contributed by atoms with Gasteiger partial charge in [-0.3, -0.25) is 0 Å². The molecule has 0 aliphatic carbocycles. The highest BCUT2D eigenvalue weighted by atomic mass is 16.5. The van der Waals surface area contributed by atoms with Crippen LogP contribution in [0.15, 0.2) is 18.2 Å². The molecule has 1 aromatic carbocycles. The van der Waals surface area contributed by atoms with Crippen LogP contribution >= 0.6 is 0 Å². The molecular weight excluding hydrogens is 254 g/mol. The third-order valence-electron chi connectivity index (χ3n) is 4.11. The van der Waals surface area contributed by atoms with E-state index in [0.717, 1.165) is 43.6 Å². The second-order valence-electron chi connectivity index (χ2n) is 5.91. The van der Waals surface area contributed by atoms with Crippen LogP contribution in [0.3, 0.4) is 0 Å². The summed E-state index contributed by atoms with van der Waals surface area (Å²) in [6, 6.07) is 5.56. The number of hydrogen-bond acceptors (Lipinski definition) is 3. The summed E-state index contributed by atoms with van der Waals surface area (Å²) in [5.74, 6) is -0.832. The summed E-state index contributed by atoms with van der Waals surface area (Å²) in [7, 11) is 1.73. The molecule has 0 saturated heterocycles. The zero-order valence-corrected chi connectivity index (χ0v) is 12.5. The Balaban J connectivity index is 2.21. The molecule has 1 aliphatic rings. The molecule has 4 nitrogen and oxygen atoms in total. The van der Waals surface area contributed by atoms with E-state index in [2.05, 4.69) is 18.7 Å². The first kappa shape index (κ1) is 14.9. The normalized spacial score (nSPS) is 15.1. The molecule has 0 spiro atoms. The Bertz CT molecular complexity index is 496. The van der Waals surface area contributed by atoms with Gasteiger partial charge in [-0.1, -0.05) is 6.07 Å². The lowest BCUT2D eigenvalue weighted by Crippen LogP contribution is -2.35. The Morgan fingerprint density at radius 3 is 2.85 bits per heavy atom. The van der Waals surface area contributed by atoms with Crippen LogP contribution in [0.4, 0.5) is 5.69 Å². The fraction of sp³-hybridized carbons (Fsp3) is 0.562. The van der Waals surface area contributed by atoms with Crippen LogP contribution in [-0.4, -0.2) is 36.9 Å². The van der Waals surface area contributed by atoms with E-state index in [1.165, 1.54) is 0 Å². The van der Waals surface area contributed by atoms with Crippen LogP contribution in [0, 0.1) is 0 Å². The predicted octanol–water partition coefficient (Wildman–Crippen LogP) is 2.95. The number of rotatable bonds is 5. The molecule has 110 valence electrons. The summed E-state index contributed by atoms with van der Waals surface area (Å²) in [6.45, 7) is 6.02. The van der Waals surface area contributed by atoms with Gasteiger partial charge in [-0.15, -0.1) is 0 Å². The number of carboxylic acid groups (broad SMARTS) is 1. The Morgan fingerprint density at radius 2 is 2.20 bits per heavy atom. The van der Waals surface area contributed by atoms with Gasteiger partial charge in [0.15, 0.2) is 0 Å². The van der Waals surface area contributed by atoms with Crippen LogP contribution in [0.1, 0.15) is 42.6 Å². The Hall–Kier alpha value is -1.55. The van der Waals surface area contributed by atoms with Crippen molar-refractivity contribution in [1.29, 1.82) is 0 Å². The van der Waals surface area contributed by atoms with Gasteiger partial charge in [0, 0.05) is 25.9 Å². The zero-order valence-electron chi connectivity index (χ0n) is 12.5. The van der Waals surface area contributed by atoms with Crippen LogP contribution in [0.5, 0.6) is 0 Å². The van der Waals surface area contributed by atoms with Crippen molar-refractivity contribution < 1.29 is 14.6 Å². The smallest absolute Gasteiger partial charge is 0.336 e. The molecule has 2 rings (SSSR count). The maximum absolute atomic E-state index is 11.3. The van der Waals surface area contributed by atoms with E-state index in [1.54, 1.807) is 13.2 Å². The minimum Gasteiger partial charge on any atom is -0.478 e. The maximum Gasteiger partial charge on any atom is 0.336 e. The highest BCUT2D eigenvalue weighted by molar-refractivity contribution is 5.91. The molecular formula is C16H23NO3. The van der Waals surface area contributed by atoms with Gasteiger partial charge in [-0.25, -0.2) is 4.79 Å². The van der Waals surface area contributed by atoms with Crippen molar-refractivity contribution in [2.24, 2.45) is 0 Å². The van der Waals surface area contributed by atoms with Gasteiger partial charge < -0.3 is 14.7 Å². The van der Waals surface area contributed by atoms with E-state index in [-0.39, 0.29) is 5.60 Å². The molecule has 4 heteroatoms. The number of carbonyl (C=O) groups is 1. The first-order valence-electron chi connectivity index (χ1n) is 7.10. The van der Waals surface area contributed by atoms with Crippen molar-refractivity contribution in [2.75, 3.05) is 25.1 Å². The molecule has 1 heterocycles. The molecule has 1 N–H and O–H groups in total. The van der Waals surface area contributed by atoms with Crippen molar-refractivity contribution in [3.63, 3.8) is 0 Å². The molecule has 0 aromatic heterocycles. The molecule has 20 heavy (non-hydrogen) atoms. The second-order valence-corrected chi connectivity index (χ2v) is 5.91. The second kappa shape index (κ2) is 5.83. The molecule has 1 aromatic rings. The molecule has 0 saturated carbocycles. The number of hydrogen-bond donors (Lipinski definition) is 1. The van der Waals surface area contributed by atoms with E-state index in [0.29, 0.717) is 5.56 Å². The fourth-order valence-electron chi connectivity index (χ4n) is 2.64. The summed E-state index contributed by atoms with van der Waals surface area (Å²) in [4.78, 5) is 13.6. The summed E-state index contributed by atoms with van der Waals surface area (Å²) in [6.07, 6.45) is 2.77. The van der Waals surface area contributed by atoms with Crippen molar-refractivity contribution in [2.45, 2.75) is 38.7 Å². The first-order chi connectivity index (χ1) is 9.44. The zero-order chi connectivity index (χ0) is 14.8. The van der Waals surface area contributed by atoms with Gasteiger partial charge in [-0.2, -0.15) is 0 Å². The molecule has 0 radical (unpaired) electrons. The third-order valence-corrected chi connectivity index (χ3v) is 4.11. The lowest BCUT2D eigenvalue weighted by molar-refractivity contribution is 0.0171. The summed E-state index contributed by atoms with van der Waals surface area (Å²) in [5.41, 5.74) is 2.34. The summed E-state index contributed by atoms with van der Waals surface area (Å²) >= 11 is 0. The summed E-state index contributed by atoms with van der Waals surface area (Å²) in [5, 5.41) is 9.29. The van der Waals surface area contributed by atoms with E-state index in [1.807, 2.05) is 12.1 Å². The standard InChI is InChI=1S/C16H23NO3/c1-16(2,20-3)9-11-17-10-5-7-12-13(15(18)19)6-4-8-14(12)17/h4,6,8H,5,7,9-11H2,1-3H3,(H,18,19). The number of fused-ring (bicyclic) bond motifs is 1. The van der Waals surface area contributed by atoms with Gasteiger partial charge in [0.1, 0.15) is 0 Å². The van der Waals surface area contributed by atoms with Crippen molar-refractivity contribution in [3.8, 4) is 0 Å². The number of methoxy groups -OCH3 is 1.